The molecule has 0 radical (unpaired) electrons. The quantitative estimate of drug-likeness (QED) is 0.810. The van der Waals surface area contributed by atoms with Gasteiger partial charge in [-0.15, -0.1) is 11.8 Å². The molecular weight excluding hydrogens is 334 g/mol. The van der Waals surface area contributed by atoms with Crippen LogP contribution in [0.3, 0.4) is 0 Å². The molecule has 0 atom stereocenters. The lowest BCUT2D eigenvalue weighted by molar-refractivity contribution is -0.120. The largest absolute Gasteiger partial charge is 0.359 e. The molecule has 0 saturated carbocycles. The van der Waals surface area contributed by atoms with Gasteiger partial charge in [0.1, 0.15) is 0 Å². The zero-order valence-corrected chi connectivity index (χ0v) is 14.9. The Balaban J connectivity index is 1.84. The van der Waals surface area contributed by atoms with Gasteiger partial charge in [-0.25, -0.2) is 0 Å². The Morgan fingerprint density at radius 3 is 2.76 bits per heavy atom. The van der Waals surface area contributed by atoms with E-state index < -0.39 is 0 Å². The lowest BCUT2D eigenvalue weighted by Crippen LogP contribution is -2.47. The van der Waals surface area contributed by atoms with Crippen molar-refractivity contribution in [1.82, 2.24) is 5.32 Å². The lowest BCUT2D eigenvalue weighted by Gasteiger charge is -2.30. The highest BCUT2D eigenvalue weighted by molar-refractivity contribution is 7.99. The molecule has 2 N–H and O–H groups in total. The minimum Gasteiger partial charge on any atom is -0.359 e. The summed E-state index contributed by atoms with van der Waals surface area (Å²) >= 11 is 1.65. The fourth-order valence-electron chi connectivity index (χ4n) is 2.82. The Kier molecular flexibility index (Phi) is 5.60. The van der Waals surface area contributed by atoms with Crippen LogP contribution >= 0.6 is 11.8 Å². The average molecular weight is 355 g/mol. The van der Waals surface area contributed by atoms with Crippen LogP contribution in [0.5, 0.6) is 0 Å². The van der Waals surface area contributed by atoms with E-state index >= 15 is 0 Å². The van der Waals surface area contributed by atoms with Crippen LogP contribution < -0.4 is 15.5 Å². The van der Waals surface area contributed by atoms with Gasteiger partial charge in [-0.1, -0.05) is 31.2 Å². The first-order valence-corrected chi connectivity index (χ1v) is 9.31. The van der Waals surface area contributed by atoms with Crippen LogP contribution in [0.4, 0.5) is 11.4 Å². The summed E-state index contributed by atoms with van der Waals surface area (Å²) in [5, 5.41) is 5.83. The number of piperazine rings is 1. The van der Waals surface area contributed by atoms with Gasteiger partial charge >= 0.3 is 0 Å². The van der Waals surface area contributed by atoms with E-state index in [1.165, 1.54) is 0 Å². The number of benzene rings is 2. The van der Waals surface area contributed by atoms with E-state index in [9.17, 15) is 9.59 Å². The molecule has 0 aliphatic carbocycles. The first-order chi connectivity index (χ1) is 12.2. The Bertz CT molecular complexity index is 779. The number of carbonyl (C=O) groups excluding carboxylic acids is 2. The van der Waals surface area contributed by atoms with Crippen LogP contribution in [0, 0.1) is 0 Å². The maximum absolute atomic E-state index is 12.8. The number of nitrogens with zero attached hydrogens (tertiary/aromatic N) is 1. The topological polar surface area (TPSA) is 61.4 Å². The summed E-state index contributed by atoms with van der Waals surface area (Å²) in [5.41, 5.74) is 2.25. The highest BCUT2D eigenvalue weighted by Crippen LogP contribution is 2.28. The second-order valence-electron chi connectivity index (χ2n) is 5.67. The number of anilines is 2. The number of carbonyl (C=O) groups is 2. The van der Waals surface area contributed by atoms with Gasteiger partial charge in [0.05, 0.1) is 23.5 Å². The molecule has 1 saturated heterocycles. The molecule has 3 rings (SSSR count). The van der Waals surface area contributed by atoms with E-state index in [1.807, 2.05) is 53.4 Å². The molecule has 25 heavy (non-hydrogen) atoms. The summed E-state index contributed by atoms with van der Waals surface area (Å²) < 4.78 is 0. The lowest BCUT2D eigenvalue weighted by atomic mass is 10.2. The van der Waals surface area contributed by atoms with Crippen molar-refractivity contribution in [3.05, 3.63) is 54.1 Å². The molecule has 2 aromatic carbocycles. The summed E-state index contributed by atoms with van der Waals surface area (Å²) in [5.74, 6) is 0.770. The number of hydrogen-bond acceptors (Lipinski definition) is 4. The van der Waals surface area contributed by atoms with Crippen molar-refractivity contribution in [3.63, 3.8) is 0 Å². The average Bonchev–Trinajstić information content (AvgIpc) is 2.63. The number of amides is 2. The summed E-state index contributed by atoms with van der Waals surface area (Å²) in [7, 11) is 0. The van der Waals surface area contributed by atoms with Gasteiger partial charge in [0.25, 0.3) is 5.91 Å². The standard InChI is InChI=1S/C19H21N3O2S/c1-2-25-17-10-6-3-7-14(17)19(24)21-15-8-4-5-9-16(15)22-12-11-20-18(23)13-22/h3-10H,2,11-13H2,1H3,(H,20,23)(H,21,24). The Morgan fingerprint density at radius 2 is 1.96 bits per heavy atom. The number of thioether (sulfide) groups is 1. The number of nitrogens with one attached hydrogen (secondary N) is 2. The van der Waals surface area contributed by atoms with Gasteiger partial charge in [-0.05, 0) is 30.0 Å². The highest BCUT2D eigenvalue weighted by atomic mass is 32.2. The van der Waals surface area contributed by atoms with Gasteiger partial charge in [0.15, 0.2) is 0 Å². The van der Waals surface area contributed by atoms with Crippen molar-refractivity contribution in [2.45, 2.75) is 11.8 Å². The first-order valence-electron chi connectivity index (χ1n) is 8.33. The Hall–Kier alpha value is -2.47. The Morgan fingerprint density at radius 1 is 1.20 bits per heavy atom. The third-order valence-electron chi connectivity index (χ3n) is 3.96. The molecular formula is C19H21N3O2S. The predicted octanol–water partition coefficient (Wildman–Crippen LogP) is 2.99. The molecule has 0 spiro atoms. The molecule has 1 fully saturated rings. The van der Waals surface area contributed by atoms with Crippen LogP contribution in [0.25, 0.3) is 0 Å². The minimum absolute atomic E-state index is 0.00271. The molecule has 0 unspecified atom stereocenters. The molecule has 5 nitrogen and oxygen atoms in total. The molecule has 1 heterocycles. The third kappa shape index (κ3) is 4.14. The second kappa shape index (κ2) is 8.07. The highest BCUT2D eigenvalue weighted by Gasteiger charge is 2.20. The van der Waals surface area contributed by atoms with Crippen LogP contribution in [0.15, 0.2) is 53.4 Å². The zero-order valence-electron chi connectivity index (χ0n) is 14.1. The number of hydrogen-bond donors (Lipinski definition) is 2. The predicted molar refractivity (Wildman–Crippen MR) is 102 cm³/mol. The van der Waals surface area contributed by atoms with Crippen molar-refractivity contribution in [3.8, 4) is 0 Å². The van der Waals surface area contributed by atoms with Crippen molar-refractivity contribution >= 4 is 35.0 Å². The second-order valence-corrected chi connectivity index (χ2v) is 6.98. The van der Waals surface area contributed by atoms with E-state index in [-0.39, 0.29) is 11.8 Å². The molecule has 2 aromatic rings. The van der Waals surface area contributed by atoms with Crippen LogP contribution in [0.1, 0.15) is 17.3 Å². The molecule has 0 aromatic heterocycles. The summed E-state index contributed by atoms with van der Waals surface area (Å²) in [6.45, 7) is 3.70. The van der Waals surface area contributed by atoms with Crippen LogP contribution in [-0.4, -0.2) is 37.2 Å². The third-order valence-corrected chi connectivity index (χ3v) is 4.92. The summed E-state index contributed by atoms with van der Waals surface area (Å²) in [6, 6.07) is 15.2. The molecule has 130 valence electrons. The monoisotopic (exact) mass is 355 g/mol. The number of rotatable bonds is 5. The summed E-state index contributed by atoms with van der Waals surface area (Å²) in [6.07, 6.45) is 0. The van der Waals surface area contributed by atoms with Crippen LogP contribution in [0.2, 0.25) is 0 Å². The normalized spacial score (nSPS) is 14.1. The van der Waals surface area contributed by atoms with E-state index in [4.69, 9.17) is 0 Å². The number of para-hydroxylation sites is 2. The maximum Gasteiger partial charge on any atom is 0.256 e. The van der Waals surface area contributed by atoms with Crippen molar-refractivity contribution in [2.75, 3.05) is 35.6 Å². The molecule has 2 amide bonds. The molecule has 1 aliphatic rings. The van der Waals surface area contributed by atoms with Gasteiger partial charge in [0, 0.05) is 18.0 Å². The van der Waals surface area contributed by atoms with E-state index in [0.29, 0.717) is 18.7 Å². The Labute approximate surface area is 151 Å². The first kappa shape index (κ1) is 17.4. The SMILES string of the molecule is CCSc1ccccc1C(=O)Nc1ccccc1N1CCNC(=O)C1. The fourth-order valence-corrected chi connectivity index (χ4v) is 3.63. The van der Waals surface area contributed by atoms with E-state index in [0.717, 1.165) is 28.6 Å². The van der Waals surface area contributed by atoms with Gasteiger partial charge < -0.3 is 15.5 Å². The summed E-state index contributed by atoms with van der Waals surface area (Å²) in [4.78, 5) is 27.4. The van der Waals surface area contributed by atoms with E-state index in [1.54, 1.807) is 11.8 Å². The minimum atomic E-state index is -0.134. The van der Waals surface area contributed by atoms with Crippen molar-refractivity contribution in [2.24, 2.45) is 0 Å². The van der Waals surface area contributed by atoms with Gasteiger partial charge in [-0.3, -0.25) is 9.59 Å². The molecule has 1 aliphatic heterocycles. The van der Waals surface area contributed by atoms with Crippen LogP contribution in [-0.2, 0) is 4.79 Å². The van der Waals surface area contributed by atoms with E-state index in [2.05, 4.69) is 17.6 Å². The van der Waals surface area contributed by atoms with Crippen molar-refractivity contribution in [1.29, 1.82) is 0 Å². The van der Waals surface area contributed by atoms with Gasteiger partial charge in [0.2, 0.25) is 5.91 Å². The zero-order chi connectivity index (χ0) is 17.6. The molecule has 6 heteroatoms. The molecule has 0 bridgehead atoms. The van der Waals surface area contributed by atoms with Crippen molar-refractivity contribution < 1.29 is 9.59 Å². The van der Waals surface area contributed by atoms with Gasteiger partial charge in [-0.2, -0.15) is 0 Å². The smallest absolute Gasteiger partial charge is 0.256 e. The fraction of sp³-hybridized carbons (Fsp3) is 0.263. The maximum atomic E-state index is 12.8.